The van der Waals surface area contributed by atoms with Gasteiger partial charge in [0.25, 0.3) is 0 Å². The average molecular weight is 200 g/mol. The number of rotatable bonds is 2. The summed E-state index contributed by atoms with van der Waals surface area (Å²) in [5, 5.41) is 0.256. The summed E-state index contributed by atoms with van der Waals surface area (Å²) >= 11 is 4.54. The lowest BCUT2D eigenvalue weighted by atomic mass is 9.69. The van der Waals surface area contributed by atoms with Crippen LogP contribution >= 0.6 is 12.6 Å². The quantitative estimate of drug-likeness (QED) is 0.536. The largest absolute Gasteiger partial charge is 0.303 e. The summed E-state index contributed by atoms with van der Waals surface area (Å²) in [6, 6.07) is 0. The Hall–Kier alpha value is 0.0200. The Morgan fingerprint density at radius 3 is 2.54 bits per heavy atom. The molecule has 1 aliphatic rings. The van der Waals surface area contributed by atoms with E-state index in [1.165, 1.54) is 6.42 Å². The van der Waals surface area contributed by atoms with E-state index in [0.717, 1.165) is 31.0 Å². The van der Waals surface area contributed by atoms with Crippen LogP contribution in [0.4, 0.5) is 0 Å². The Morgan fingerprint density at radius 1 is 1.54 bits per heavy atom. The maximum Gasteiger partial charge on any atom is 0.126 e. The monoisotopic (exact) mass is 200 g/mol. The third-order valence-corrected chi connectivity index (χ3v) is 4.35. The maximum absolute atomic E-state index is 10.9. The molecule has 0 radical (unpaired) electrons. The van der Waals surface area contributed by atoms with Gasteiger partial charge in [0.1, 0.15) is 6.29 Å². The summed E-state index contributed by atoms with van der Waals surface area (Å²) in [7, 11) is 0. The second-order valence-electron chi connectivity index (χ2n) is 4.92. The summed E-state index contributed by atoms with van der Waals surface area (Å²) < 4.78 is 0. The van der Waals surface area contributed by atoms with Gasteiger partial charge >= 0.3 is 0 Å². The zero-order chi connectivity index (χ0) is 10.1. The van der Waals surface area contributed by atoms with Crippen LogP contribution < -0.4 is 0 Å². The lowest BCUT2D eigenvalue weighted by molar-refractivity contribution is -0.117. The molecule has 76 valence electrons. The van der Waals surface area contributed by atoms with E-state index >= 15 is 0 Å². The second-order valence-corrected chi connectivity index (χ2v) is 5.54. The van der Waals surface area contributed by atoms with Crippen molar-refractivity contribution < 1.29 is 4.79 Å². The first-order valence-corrected chi connectivity index (χ1v) is 5.65. The average Bonchev–Trinajstić information content (AvgIpc) is 2.09. The lowest BCUT2D eigenvalue weighted by Crippen LogP contribution is -2.37. The molecule has 1 aliphatic carbocycles. The molecular weight excluding hydrogens is 180 g/mol. The molecular formula is C11H20OS. The van der Waals surface area contributed by atoms with E-state index in [1.54, 1.807) is 0 Å². The molecule has 1 rings (SSSR count). The van der Waals surface area contributed by atoms with Crippen molar-refractivity contribution in [2.45, 2.75) is 45.3 Å². The van der Waals surface area contributed by atoms with E-state index in [1.807, 2.05) is 6.92 Å². The highest BCUT2D eigenvalue weighted by molar-refractivity contribution is 7.81. The van der Waals surface area contributed by atoms with Crippen LogP contribution in [0.1, 0.15) is 40.0 Å². The molecule has 0 heterocycles. The first-order chi connectivity index (χ1) is 5.99. The third-order valence-electron chi connectivity index (χ3n) is 3.55. The van der Waals surface area contributed by atoms with Gasteiger partial charge in [0.2, 0.25) is 0 Å². The van der Waals surface area contributed by atoms with E-state index in [2.05, 4.69) is 26.5 Å². The Kier molecular flexibility index (Phi) is 3.44. The molecule has 0 amide bonds. The molecule has 0 aromatic rings. The van der Waals surface area contributed by atoms with Gasteiger partial charge in [-0.25, -0.2) is 0 Å². The van der Waals surface area contributed by atoms with Gasteiger partial charge in [-0.05, 0) is 31.1 Å². The van der Waals surface area contributed by atoms with Crippen LogP contribution in [0, 0.1) is 17.3 Å². The first-order valence-electron chi connectivity index (χ1n) is 5.14. The normalized spacial score (nSPS) is 40.7. The van der Waals surface area contributed by atoms with Gasteiger partial charge in [-0.2, -0.15) is 12.6 Å². The summed E-state index contributed by atoms with van der Waals surface area (Å²) in [6.07, 6.45) is 4.38. The van der Waals surface area contributed by atoms with Crippen molar-refractivity contribution in [3.63, 3.8) is 0 Å². The fraction of sp³-hybridized carbons (Fsp3) is 0.909. The second kappa shape index (κ2) is 4.04. The van der Waals surface area contributed by atoms with E-state index in [9.17, 15) is 4.79 Å². The van der Waals surface area contributed by atoms with Gasteiger partial charge in [0, 0.05) is 10.7 Å². The third kappa shape index (κ3) is 2.28. The number of aldehydes is 1. The van der Waals surface area contributed by atoms with Crippen molar-refractivity contribution in [3.8, 4) is 0 Å². The Morgan fingerprint density at radius 2 is 2.15 bits per heavy atom. The minimum atomic E-state index is -0.172. The van der Waals surface area contributed by atoms with Gasteiger partial charge in [-0.15, -0.1) is 0 Å². The Labute approximate surface area is 86.7 Å². The van der Waals surface area contributed by atoms with Crippen molar-refractivity contribution in [1.82, 2.24) is 0 Å². The van der Waals surface area contributed by atoms with Crippen LogP contribution in [0.15, 0.2) is 0 Å². The molecule has 3 unspecified atom stereocenters. The van der Waals surface area contributed by atoms with Crippen molar-refractivity contribution in [1.29, 1.82) is 0 Å². The molecule has 0 N–H and O–H groups in total. The van der Waals surface area contributed by atoms with Crippen LogP contribution in [0.25, 0.3) is 0 Å². The molecule has 2 heteroatoms. The van der Waals surface area contributed by atoms with Crippen molar-refractivity contribution in [2.75, 3.05) is 0 Å². The van der Waals surface area contributed by atoms with Crippen molar-refractivity contribution in [3.05, 3.63) is 0 Å². The summed E-state index contributed by atoms with van der Waals surface area (Å²) in [4.78, 5) is 10.9. The van der Waals surface area contributed by atoms with E-state index in [0.29, 0.717) is 0 Å². The summed E-state index contributed by atoms with van der Waals surface area (Å²) in [5.41, 5.74) is -0.172. The highest BCUT2D eigenvalue weighted by Gasteiger charge is 2.38. The molecule has 3 atom stereocenters. The van der Waals surface area contributed by atoms with Gasteiger partial charge in [0.15, 0.2) is 0 Å². The number of hydrogen-bond donors (Lipinski definition) is 1. The number of carbonyl (C=O) groups excluding carboxylic acids is 1. The SMILES string of the molecule is CC(C)C1CCC(C)(C=O)C(S)C1. The molecule has 0 bridgehead atoms. The predicted molar refractivity (Wildman–Crippen MR) is 59.1 cm³/mol. The van der Waals surface area contributed by atoms with E-state index < -0.39 is 0 Å². The molecule has 0 aromatic heterocycles. The minimum Gasteiger partial charge on any atom is -0.303 e. The number of hydrogen-bond acceptors (Lipinski definition) is 2. The predicted octanol–water partition coefficient (Wildman–Crippen LogP) is 2.95. The molecule has 13 heavy (non-hydrogen) atoms. The zero-order valence-electron chi connectivity index (χ0n) is 8.79. The standard InChI is InChI=1S/C11H20OS/c1-8(2)9-4-5-11(3,7-12)10(13)6-9/h7-10,13H,4-6H2,1-3H3. The summed E-state index contributed by atoms with van der Waals surface area (Å²) in [5.74, 6) is 1.49. The Bertz CT molecular complexity index is 191. The minimum absolute atomic E-state index is 0.172. The lowest BCUT2D eigenvalue weighted by Gasteiger charge is -2.39. The molecule has 0 spiro atoms. The molecule has 0 aromatic carbocycles. The molecule has 0 saturated heterocycles. The van der Waals surface area contributed by atoms with E-state index in [4.69, 9.17) is 0 Å². The van der Waals surface area contributed by atoms with Gasteiger partial charge in [-0.1, -0.05) is 20.8 Å². The highest BCUT2D eigenvalue weighted by Crippen LogP contribution is 2.42. The molecule has 1 nitrogen and oxygen atoms in total. The van der Waals surface area contributed by atoms with Crippen molar-refractivity contribution >= 4 is 18.9 Å². The number of thiol groups is 1. The number of carbonyl (C=O) groups is 1. The zero-order valence-corrected chi connectivity index (χ0v) is 9.68. The molecule has 1 saturated carbocycles. The van der Waals surface area contributed by atoms with Crippen LogP contribution in [0.5, 0.6) is 0 Å². The topological polar surface area (TPSA) is 17.1 Å². The van der Waals surface area contributed by atoms with Crippen LogP contribution in [-0.2, 0) is 4.79 Å². The smallest absolute Gasteiger partial charge is 0.126 e. The molecule has 0 aliphatic heterocycles. The summed E-state index contributed by atoms with van der Waals surface area (Å²) in [6.45, 7) is 6.55. The maximum atomic E-state index is 10.9. The van der Waals surface area contributed by atoms with E-state index in [-0.39, 0.29) is 10.7 Å². The van der Waals surface area contributed by atoms with Crippen molar-refractivity contribution in [2.24, 2.45) is 17.3 Å². The Balaban J connectivity index is 2.61. The van der Waals surface area contributed by atoms with Crippen LogP contribution in [0.3, 0.4) is 0 Å². The fourth-order valence-corrected chi connectivity index (χ4v) is 2.54. The van der Waals surface area contributed by atoms with Gasteiger partial charge in [-0.3, -0.25) is 0 Å². The highest BCUT2D eigenvalue weighted by atomic mass is 32.1. The van der Waals surface area contributed by atoms with Gasteiger partial charge in [0.05, 0.1) is 0 Å². The fourth-order valence-electron chi connectivity index (χ4n) is 2.08. The molecule has 1 fully saturated rings. The first kappa shape index (κ1) is 11.1. The van der Waals surface area contributed by atoms with Gasteiger partial charge < -0.3 is 4.79 Å². The van der Waals surface area contributed by atoms with Crippen LogP contribution in [0.2, 0.25) is 0 Å². The van der Waals surface area contributed by atoms with Crippen LogP contribution in [-0.4, -0.2) is 11.5 Å².